The lowest BCUT2D eigenvalue weighted by Crippen LogP contribution is -3.13. The second kappa shape index (κ2) is 10.8. The van der Waals surface area contributed by atoms with Crippen molar-refractivity contribution in [2.24, 2.45) is 0 Å². The Morgan fingerprint density at radius 3 is 2.09 bits per heavy atom. The molecule has 3 aromatic carbocycles. The van der Waals surface area contributed by atoms with Crippen molar-refractivity contribution in [1.29, 1.82) is 0 Å². The number of hydrogen-bond acceptors (Lipinski definition) is 3. The topological polar surface area (TPSA) is 48.8 Å². The molecule has 0 aromatic heterocycles. The smallest absolute Gasteiger partial charge is 0.242 e. The summed E-state index contributed by atoms with van der Waals surface area (Å²) >= 11 is 0. The van der Waals surface area contributed by atoms with Gasteiger partial charge >= 0.3 is 0 Å². The molecule has 0 unspecified atom stereocenters. The van der Waals surface area contributed by atoms with Crippen molar-refractivity contribution < 1.29 is 9.69 Å². The van der Waals surface area contributed by atoms with Gasteiger partial charge in [0.25, 0.3) is 0 Å². The van der Waals surface area contributed by atoms with Crippen molar-refractivity contribution in [3.05, 3.63) is 96.1 Å². The minimum atomic E-state index is -0.297. The normalized spacial score (nSPS) is 15.2. The van der Waals surface area contributed by atoms with Crippen molar-refractivity contribution in [1.82, 2.24) is 5.32 Å². The Hall–Kier alpha value is -3.31. The van der Waals surface area contributed by atoms with Crippen molar-refractivity contribution in [3.63, 3.8) is 0 Å². The number of nitrogens with zero attached hydrogens (tertiary/aromatic N) is 1. The molecule has 1 amide bonds. The molecule has 5 heteroatoms. The predicted octanol–water partition coefficient (Wildman–Crippen LogP) is 2.71. The maximum absolute atomic E-state index is 12.4. The van der Waals surface area contributed by atoms with Crippen LogP contribution in [0.3, 0.4) is 0 Å². The van der Waals surface area contributed by atoms with Crippen LogP contribution in [0.1, 0.15) is 18.1 Å². The molecule has 32 heavy (non-hydrogen) atoms. The molecule has 1 aliphatic rings. The lowest BCUT2D eigenvalue weighted by Gasteiger charge is -2.33. The molecule has 0 bridgehead atoms. The van der Waals surface area contributed by atoms with Crippen molar-refractivity contribution in [2.45, 2.75) is 26.1 Å². The van der Waals surface area contributed by atoms with Crippen LogP contribution in [0.15, 0.2) is 84.9 Å². The number of hydrogen-bond donors (Lipinski definition) is 3. The Bertz CT molecular complexity index is 968. The summed E-state index contributed by atoms with van der Waals surface area (Å²) in [7, 11) is 0. The third-order valence-electron chi connectivity index (χ3n) is 6.09. The molecule has 3 aromatic rings. The standard InChI is InChI=1S/C27H32N4O/c1-22(27(32)28-20-23-8-4-2-5-9-23)29-25-12-14-26(15-13-25)31-18-16-30(17-19-31)21-24-10-6-3-7-11-24/h2-15,22,29H,16-21H2,1H3,(H,28,32)/p+1/t22-/m0/s1. The zero-order valence-electron chi connectivity index (χ0n) is 18.8. The number of benzene rings is 3. The first-order chi connectivity index (χ1) is 15.7. The predicted molar refractivity (Wildman–Crippen MR) is 131 cm³/mol. The van der Waals surface area contributed by atoms with E-state index in [2.05, 4.69) is 70.1 Å². The van der Waals surface area contributed by atoms with E-state index in [1.807, 2.05) is 37.3 Å². The van der Waals surface area contributed by atoms with Crippen LogP contribution in [0.4, 0.5) is 11.4 Å². The number of carbonyl (C=O) groups excluding carboxylic acids is 1. The minimum Gasteiger partial charge on any atom is -0.374 e. The quantitative estimate of drug-likeness (QED) is 0.516. The van der Waals surface area contributed by atoms with Crippen LogP contribution in [0.25, 0.3) is 0 Å². The van der Waals surface area contributed by atoms with Gasteiger partial charge < -0.3 is 20.4 Å². The molecule has 1 heterocycles. The van der Waals surface area contributed by atoms with E-state index in [0.29, 0.717) is 6.54 Å². The Balaban J connectivity index is 1.23. The van der Waals surface area contributed by atoms with E-state index in [1.165, 1.54) is 11.3 Å². The van der Waals surface area contributed by atoms with Gasteiger partial charge in [-0.05, 0) is 36.8 Å². The largest absolute Gasteiger partial charge is 0.374 e. The highest BCUT2D eigenvalue weighted by molar-refractivity contribution is 5.84. The fourth-order valence-corrected chi connectivity index (χ4v) is 4.16. The molecule has 5 nitrogen and oxygen atoms in total. The van der Waals surface area contributed by atoms with Crippen LogP contribution < -0.4 is 20.4 Å². The third kappa shape index (κ3) is 6.11. The van der Waals surface area contributed by atoms with Gasteiger partial charge in [0, 0.05) is 23.5 Å². The summed E-state index contributed by atoms with van der Waals surface area (Å²) in [5.41, 5.74) is 4.72. The fourth-order valence-electron chi connectivity index (χ4n) is 4.16. The summed E-state index contributed by atoms with van der Waals surface area (Å²) in [6, 6.07) is 28.9. The minimum absolute atomic E-state index is 0.00422. The van der Waals surface area contributed by atoms with Crippen LogP contribution in [0, 0.1) is 0 Å². The van der Waals surface area contributed by atoms with Gasteiger partial charge in [-0.15, -0.1) is 0 Å². The SMILES string of the molecule is C[C@H](Nc1ccc(N2CC[NH+](Cc3ccccc3)CC2)cc1)C(=O)NCc1ccccc1. The van der Waals surface area contributed by atoms with Crippen LogP contribution >= 0.6 is 0 Å². The van der Waals surface area contributed by atoms with Gasteiger partial charge in [0.15, 0.2) is 0 Å². The van der Waals surface area contributed by atoms with E-state index >= 15 is 0 Å². The Labute approximate surface area is 191 Å². The Morgan fingerprint density at radius 2 is 1.47 bits per heavy atom. The molecule has 1 atom stereocenters. The highest BCUT2D eigenvalue weighted by atomic mass is 16.2. The van der Waals surface area contributed by atoms with E-state index in [1.54, 1.807) is 4.90 Å². The van der Waals surface area contributed by atoms with Gasteiger partial charge in [-0.1, -0.05) is 60.7 Å². The molecule has 3 N–H and O–H groups in total. The summed E-state index contributed by atoms with van der Waals surface area (Å²) < 4.78 is 0. The summed E-state index contributed by atoms with van der Waals surface area (Å²) in [4.78, 5) is 16.5. The molecular weight excluding hydrogens is 396 g/mol. The molecule has 1 aliphatic heterocycles. The highest BCUT2D eigenvalue weighted by Gasteiger charge is 2.20. The van der Waals surface area contributed by atoms with Gasteiger partial charge in [-0.25, -0.2) is 0 Å². The summed E-state index contributed by atoms with van der Waals surface area (Å²) in [6.45, 7) is 7.95. The van der Waals surface area contributed by atoms with Crippen molar-refractivity contribution in [3.8, 4) is 0 Å². The van der Waals surface area contributed by atoms with Crippen molar-refractivity contribution >= 4 is 17.3 Å². The second-order valence-corrected chi connectivity index (χ2v) is 8.52. The molecule has 166 valence electrons. The lowest BCUT2D eigenvalue weighted by atomic mass is 10.2. The molecule has 0 saturated carbocycles. The van der Waals surface area contributed by atoms with E-state index in [-0.39, 0.29) is 11.9 Å². The molecule has 0 spiro atoms. The van der Waals surface area contributed by atoms with E-state index in [0.717, 1.165) is 44.0 Å². The average molecular weight is 430 g/mol. The van der Waals surface area contributed by atoms with Crippen LogP contribution in [-0.2, 0) is 17.9 Å². The third-order valence-corrected chi connectivity index (χ3v) is 6.09. The number of anilines is 2. The Morgan fingerprint density at radius 1 is 0.875 bits per heavy atom. The molecule has 1 saturated heterocycles. The number of carbonyl (C=O) groups is 1. The van der Waals surface area contributed by atoms with Crippen LogP contribution in [-0.4, -0.2) is 38.1 Å². The molecule has 1 fully saturated rings. The van der Waals surface area contributed by atoms with Gasteiger partial charge in [0.2, 0.25) is 5.91 Å². The molecule has 4 rings (SSSR count). The second-order valence-electron chi connectivity index (χ2n) is 8.52. The number of quaternary nitrogens is 1. The molecule has 0 radical (unpaired) electrons. The molecular formula is C27H33N4O+. The highest BCUT2D eigenvalue weighted by Crippen LogP contribution is 2.18. The summed E-state index contributed by atoms with van der Waals surface area (Å²) in [6.07, 6.45) is 0. The zero-order valence-corrected chi connectivity index (χ0v) is 18.8. The van der Waals surface area contributed by atoms with Gasteiger partial charge in [-0.3, -0.25) is 4.79 Å². The van der Waals surface area contributed by atoms with E-state index in [4.69, 9.17) is 0 Å². The van der Waals surface area contributed by atoms with E-state index in [9.17, 15) is 4.79 Å². The van der Waals surface area contributed by atoms with Gasteiger partial charge in [0.1, 0.15) is 12.6 Å². The van der Waals surface area contributed by atoms with E-state index < -0.39 is 0 Å². The monoisotopic (exact) mass is 429 g/mol. The summed E-state index contributed by atoms with van der Waals surface area (Å²) in [5.74, 6) is -0.00422. The number of amides is 1. The van der Waals surface area contributed by atoms with Crippen LogP contribution in [0.2, 0.25) is 0 Å². The zero-order chi connectivity index (χ0) is 22.2. The average Bonchev–Trinajstić information content (AvgIpc) is 2.85. The lowest BCUT2D eigenvalue weighted by molar-refractivity contribution is -0.914. The van der Waals surface area contributed by atoms with Crippen LogP contribution in [0.5, 0.6) is 0 Å². The summed E-state index contributed by atoms with van der Waals surface area (Å²) in [5, 5.41) is 6.30. The Kier molecular flexibility index (Phi) is 7.41. The first-order valence-corrected chi connectivity index (χ1v) is 11.5. The first kappa shape index (κ1) is 21.9. The number of nitrogens with one attached hydrogen (secondary N) is 3. The number of rotatable bonds is 8. The number of piperazine rings is 1. The van der Waals surface area contributed by atoms with Crippen molar-refractivity contribution in [2.75, 3.05) is 36.4 Å². The first-order valence-electron chi connectivity index (χ1n) is 11.5. The van der Waals surface area contributed by atoms with Gasteiger partial charge in [0.05, 0.1) is 26.2 Å². The molecule has 0 aliphatic carbocycles. The van der Waals surface area contributed by atoms with Gasteiger partial charge in [-0.2, -0.15) is 0 Å². The maximum atomic E-state index is 12.4. The fraction of sp³-hybridized carbons (Fsp3) is 0.296. The maximum Gasteiger partial charge on any atom is 0.242 e.